The van der Waals surface area contributed by atoms with Crippen molar-refractivity contribution in [2.45, 2.75) is 0 Å². The molecule has 0 aliphatic rings. The number of hydrogen-bond acceptors (Lipinski definition) is 1. The van der Waals surface area contributed by atoms with Crippen LogP contribution in [0.4, 0.5) is 0 Å². The van der Waals surface area contributed by atoms with Crippen LogP contribution in [0.5, 0.6) is 0 Å². The summed E-state index contributed by atoms with van der Waals surface area (Å²) in [6.07, 6.45) is 0. The van der Waals surface area contributed by atoms with Crippen LogP contribution in [0.1, 0.15) is 0 Å². The van der Waals surface area contributed by atoms with Crippen LogP contribution in [0, 0.1) is 0 Å². The lowest BCUT2D eigenvalue weighted by molar-refractivity contribution is 0.496. The Morgan fingerprint density at radius 3 is 2.00 bits per heavy atom. The maximum absolute atomic E-state index is 11.0. The van der Waals surface area contributed by atoms with Crippen LogP contribution in [0.3, 0.4) is 0 Å². The molecule has 0 aliphatic carbocycles. The van der Waals surface area contributed by atoms with Gasteiger partial charge < -0.3 is 4.89 Å². The summed E-state index contributed by atoms with van der Waals surface area (Å²) in [7, 11) is -3.02. The van der Waals surface area contributed by atoms with E-state index in [0.29, 0.717) is 5.30 Å². The van der Waals surface area contributed by atoms with Crippen molar-refractivity contribution in [2.75, 3.05) is 6.66 Å². The lowest BCUT2D eigenvalue weighted by Gasteiger charge is -2.02. The zero-order valence-electron chi connectivity index (χ0n) is 5.69. The standard InChI is InChI=1S/C7H9O2P.Al.3H/c1-10(8,9)7-5-3-2-4-6-7;;;;/h2-6H,1H3,(H,8,9);;;;. The van der Waals surface area contributed by atoms with Crippen LogP contribution < -0.4 is 5.30 Å². The zero-order chi connectivity index (χ0) is 7.61. The van der Waals surface area contributed by atoms with Gasteiger partial charge in [0.1, 0.15) is 0 Å². The number of rotatable bonds is 1. The summed E-state index contributed by atoms with van der Waals surface area (Å²) < 4.78 is 11.0. The van der Waals surface area contributed by atoms with Crippen molar-refractivity contribution in [3.63, 3.8) is 0 Å². The van der Waals surface area contributed by atoms with Gasteiger partial charge in [0.15, 0.2) is 17.4 Å². The van der Waals surface area contributed by atoms with E-state index in [1.165, 1.54) is 6.66 Å². The third kappa shape index (κ3) is 3.23. The van der Waals surface area contributed by atoms with E-state index in [1.54, 1.807) is 24.3 Å². The smallest absolute Gasteiger partial charge is 0.226 e. The van der Waals surface area contributed by atoms with Crippen molar-refractivity contribution in [2.24, 2.45) is 0 Å². The predicted octanol–water partition coefficient (Wildman–Crippen LogP) is 0.0282. The highest BCUT2D eigenvalue weighted by Crippen LogP contribution is 2.33. The summed E-state index contributed by atoms with van der Waals surface area (Å²) in [4.78, 5) is 9.04. The van der Waals surface area contributed by atoms with E-state index in [4.69, 9.17) is 4.89 Å². The van der Waals surface area contributed by atoms with E-state index in [2.05, 4.69) is 0 Å². The van der Waals surface area contributed by atoms with Gasteiger partial charge in [0.25, 0.3) is 0 Å². The van der Waals surface area contributed by atoms with Crippen molar-refractivity contribution in [1.29, 1.82) is 0 Å². The molecular weight excluding hydrogens is 174 g/mol. The second-order valence-electron chi connectivity index (χ2n) is 2.21. The Morgan fingerprint density at radius 1 is 1.27 bits per heavy atom. The fourth-order valence-electron chi connectivity index (χ4n) is 0.705. The van der Waals surface area contributed by atoms with Gasteiger partial charge in [-0.2, -0.15) is 0 Å². The second-order valence-corrected chi connectivity index (χ2v) is 4.49. The average Bonchev–Trinajstić information content (AvgIpc) is 1.88. The van der Waals surface area contributed by atoms with Crippen LogP contribution >= 0.6 is 7.37 Å². The molecule has 0 bridgehead atoms. The van der Waals surface area contributed by atoms with Gasteiger partial charge in [-0.1, -0.05) is 18.2 Å². The first-order valence-electron chi connectivity index (χ1n) is 2.96. The van der Waals surface area contributed by atoms with E-state index in [0.717, 1.165) is 0 Å². The molecule has 0 radical (unpaired) electrons. The summed E-state index contributed by atoms with van der Waals surface area (Å²) in [6, 6.07) is 8.63. The van der Waals surface area contributed by atoms with Crippen molar-refractivity contribution in [3.8, 4) is 0 Å². The Labute approximate surface area is 76.8 Å². The first-order chi connectivity index (χ1) is 4.61. The summed E-state index contributed by atoms with van der Waals surface area (Å²) in [5, 5.41) is 0.509. The van der Waals surface area contributed by atoms with Crippen molar-refractivity contribution in [1.82, 2.24) is 0 Å². The van der Waals surface area contributed by atoms with E-state index < -0.39 is 7.37 Å². The number of benzene rings is 1. The zero-order valence-corrected chi connectivity index (χ0v) is 6.58. The molecule has 1 atom stereocenters. The lowest BCUT2D eigenvalue weighted by atomic mass is 10.4. The lowest BCUT2D eigenvalue weighted by Crippen LogP contribution is -2.00. The Kier molecular flexibility index (Phi) is 4.07. The van der Waals surface area contributed by atoms with E-state index in [-0.39, 0.29) is 17.4 Å². The predicted molar refractivity (Wildman–Crippen MR) is 51.8 cm³/mol. The number of hydrogen-bond donors (Lipinski definition) is 1. The molecule has 0 fully saturated rings. The van der Waals surface area contributed by atoms with Gasteiger partial charge in [-0.25, -0.2) is 0 Å². The molecule has 60 valence electrons. The van der Waals surface area contributed by atoms with Gasteiger partial charge in [0, 0.05) is 12.0 Å². The SMILES string of the molecule is CP(=O)(O)c1ccccc1.[AlH3]. The third-order valence-electron chi connectivity index (χ3n) is 1.24. The quantitative estimate of drug-likeness (QED) is 0.496. The Balaban J connectivity index is 0.000001000. The summed E-state index contributed by atoms with van der Waals surface area (Å²) in [5.74, 6) is 0. The van der Waals surface area contributed by atoms with E-state index in [9.17, 15) is 4.57 Å². The minimum Gasteiger partial charge on any atom is -0.341 e. The molecule has 0 saturated heterocycles. The Morgan fingerprint density at radius 2 is 1.73 bits per heavy atom. The van der Waals surface area contributed by atoms with E-state index in [1.807, 2.05) is 6.07 Å². The van der Waals surface area contributed by atoms with Gasteiger partial charge in [-0.3, -0.25) is 4.57 Å². The van der Waals surface area contributed by atoms with Gasteiger partial charge in [0.05, 0.1) is 0 Å². The van der Waals surface area contributed by atoms with Gasteiger partial charge >= 0.3 is 0 Å². The third-order valence-corrected chi connectivity index (χ3v) is 2.49. The Bertz CT molecular complexity index is 254. The Hall–Kier alpha value is -0.0575. The molecule has 1 rings (SSSR count). The topological polar surface area (TPSA) is 37.3 Å². The fraction of sp³-hybridized carbons (Fsp3) is 0.143. The highest BCUT2D eigenvalue weighted by molar-refractivity contribution is 7.65. The summed E-state index contributed by atoms with van der Waals surface area (Å²) >= 11 is 0. The largest absolute Gasteiger partial charge is 0.341 e. The molecule has 4 heteroatoms. The van der Waals surface area contributed by atoms with Crippen LogP contribution in [0.15, 0.2) is 30.3 Å². The minimum absolute atomic E-state index is 0. The molecule has 0 amide bonds. The minimum atomic E-state index is -3.02. The molecule has 1 unspecified atom stereocenters. The molecule has 1 aromatic rings. The van der Waals surface area contributed by atoms with Gasteiger partial charge in [-0.15, -0.1) is 0 Å². The average molecular weight is 186 g/mol. The molecule has 0 spiro atoms. The van der Waals surface area contributed by atoms with Crippen LogP contribution in [0.25, 0.3) is 0 Å². The monoisotopic (exact) mass is 186 g/mol. The van der Waals surface area contributed by atoms with Crippen LogP contribution in [0.2, 0.25) is 0 Å². The normalized spacial score (nSPS) is 14.7. The van der Waals surface area contributed by atoms with Crippen molar-refractivity contribution >= 4 is 30.0 Å². The molecule has 1 N–H and O–H groups in total. The maximum atomic E-state index is 11.0. The summed E-state index contributed by atoms with van der Waals surface area (Å²) in [6.45, 7) is 1.34. The van der Waals surface area contributed by atoms with Crippen LogP contribution in [-0.4, -0.2) is 28.9 Å². The molecular formula is C7H12AlO2P. The van der Waals surface area contributed by atoms with Gasteiger partial charge in [0.2, 0.25) is 7.37 Å². The molecule has 1 aromatic carbocycles. The highest BCUT2D eigenvalue weighted by Gasteiger charge is 2.10. The van der Waals surface area contributed by atoms with Crippen LogP contribution in [-0.2, 0) is 4.57 Å². The molecule has 0 heterocycles. The summed E-state index contributed by atoms with van der Waals surface area (Å²) in [5.41, 5.74) is 0. The highest BCUT2D eigenvalue weighted by atomic mass is 31.2. The second kappa shape index (κ2) is 4.09. The molecule has 0 aromatic heterocycles. The fourth-order valence-corrected chi connectivity index (χ4v) is 1.43. The molecule has 0 saturated carbocycles. The molecule has 0 aliphatic heterocycles. The van der Waals surface area contributed by atoms with E-state index >= 15 is 0 Å². The first-order valence-corrected chi connectivity index (χ1v) is 5.07. The molecule has 2 nitrogen and oxygen atoms in total. The van der Waals surface area contributed by atoms with Crippen molar-refractivity contribution < 1.29 is 9.46 Å². The molecule has 11 heavy (non-hydrogen) atoms. The van der Waals surface area contributed by atoms with Gasteiger partial charge in [-0.05, 0) is 12.1 Å². The maximum Gasteiger partial charge on any atom is 0.226 e. The van der Waals surface area contributed by atoms with Crippen molar-refractivity contribution in [3.05, 3.63) is 30.3 Å². The first kappa shape index (κ1) is 10.9.